The van der Waals surface area contributed by atoms with Crippen LogP contribution in [0.2, 0.25) is 0 Å². The van der Waals surface area contributed by atoms with Gasteiger partial charge in [0.15, 0.2) is 0 Å². The minimum absolute atomic E-state index is 0.0604. The zero-order valence-corrected chi connectivity index (χ0v) is 11.7. The molecular weight excluding hydrogens is 239 g/mol. The van der Waals surface area contributed by atoms with Gasteiger partial charge in [0.25, 0.3) is 0 Å². The molecule has 0 spiro atoms. The fraction of sp³-hybridized carbons (Fsp3) is 0.643. The number of aryl methyl sites for hydroxylation is 1. The van der Waals surface area contributed by atoms with E-state index in [4.69, 9.17) is 0 Å². The molecule has 0 amide bonds. The molecule has 0 aliphatic heterocycles. The van der Waals surface area contributed by atoms with Gasteiger partial charge in [0.2, 0.25) is 0 Å². The van der Waals surface area contributed by atoms with E-state index < -0.39 is 11.9 Å². The van der Waals surface area contributed by atoms with Crippen molar-refractivity contribution >= 4 is 0 Å². The number of nitrogens with zero attached hydrogens (tertiary/aromatic N) is 1. The zero-order chi connectivity index (χ0) is 14.2. The van der Waals surface area contributed by atoms with Crippen LogP contribution in [0.5, 0.6) is 0 Å². The van der Waals surface area contributed by atoms with E-state index in [0.717, 1.165) is 11.1 Å². The summed E-state index contributed by atoms with van der Waals surface area (Å²) in [6.45, 7) is 11.0. The van der Waals surface area contributed by atoms with Crippen LogP contribution >= 0.6 is 0 Å². The predicted octanol–water partition coefficient (Wildman–Crippen LogP) is 4.96. The number of halogens is 3. The maximum absolute atomic E-state index is 12.9. The lowest BCUT2D eigenvalue weighted by Gasteiger charge is -2.23. The van der Waals surface area contributed by atoms with Crippen LogP contribution < -0.4 is 0 Å². The molecule has 0 saturated heterocycles. The van der Waals surface area contributed by atoms with Crippen molar-refractivity contribution in [2.24, 2.45) is 0 Å². The van der Waals surface area contributed by atoms with Gasteiger partial charge in [-0.25, -0.2) is 4.98 Å². The van der Waals surface area contributed by atoms with Crippen LogP contribution in [0.15, 0.2) is 0 Å². The summed E-state index contributed by atoms with van der Waals surface area (Å²) in [5, 5.41) is 0. The molecule has 1 heterocycles. The first-order valence-corrected chi connectivity index (χ1v) is 6.15. The van der Waals surface area contributed by atoms with Gasteiger partial charge in [-0.15, -0.1) is 0 Å². The van der Waals surface area contributed by atoms with Gasteiger partial charge >= 0.3 is 6.18 Å². The second-order valence-electron chi connectivity index (χ2n) is 5.31. The van der Waals surface area contributed by atoms with E-state index in [0.29, 0.717) is 5.69 Å². The molecule has 102 valence electrons. The zero-order valence-electron chi connectivity index (χ0n) is 11.7. The van der Waals surface area contributed by atoms with Crippen molar-refractivity contribution in [3.63, 3.8) is 0 Å². The molecule has 0 aromatic carbocycles. The summed E-state index contributed by atoms with van der Waals surface area (Å²) in [6, 6.07) is 0. The summed E-state index contributed by atoms with van der Waals surface area (Å²) in [7, 11) is 0. The summed E-state index contributed by atoms with van der Waals surface area (Å²) in [5.41, 5.74) is 1.77. The van der Waals surface area contributed by atoms with Gasteiger partial charge < -0.3 is 0 Å². The number of aromatic nitrogens is 1. The second kappa shape index (κ2) is 4.90. The lowest BCUT2D eigenvalue weighted by molar-refractivity contribution is -0.141. The maximum atomic E-state index is 12.9. The highest BCUT2D eigenvalue weighted by atomic mass is 19.4. The second-order valence-corrected chi connectivity index (χ2v) is 5.31. The first-order valence-electron chi connectivity index (χ1n) is 6.15. The van der Waals surface area contributed by atoms with Crippen LogP contribution in [0.4, 0.5) is 13.2 Å². The number of hydrogen-bond donors (Lipinski definition) is 0. The van der Waals surface area contributed by atoms with Crippen molar-refractivity contribution in [2.75, 3.05) is 0 Å². The van der Waals surface area contributed by atoms with E-state index in [1.807, 2.05) is 27.7 Å². The van der Waals surface area contributed by atoms with Gasteiger partial charge in [-0.1, -0.05) is 27.7 Å². The van der Waals surface area contributed by atoms with Crippen molar-refractivity contribution < 1.29 is 13.2 Å². The first-order chi connectivity index (χ1) is 8.07. The Kier molecular flexibility index (Phi) is 4.08. The van der Waals surface area contributed by atoms with Crippen LogP contribution in [0, 0.1) is 13.8 Å². The Morgan fingerprint density at radius 1 is 0.889 bits per heavy atom. The highest BCUT2D eigenvalue weighted by Gasteiger charge is 2.36. The van der Waals surface area contributed by atoms with Crippen LogP contribution in [0.3, 0.4) is 0 Å². The Balaban J connectivity index is 3.67. The highest BCUT2D eigenvalue weighted by Crippen LogP contribution is 2.38. The van der Waals surface area contributed by atoms with Crippen LogP contribution in [0.1, 0.15) is 67.6 Å². The Morgan fingerprint density at radius 3 is 1.67 bits per heavy atom. The molecule has 0 radical (unpaired) electrons. The lowest BCUT2D eigenvalue weighted by Crippen LogP contribution is -2.17. The Bertz CT molecular complexity index is 445. The molecule has 0 N–H and O–H groups in total. The van der Waals surface area contributed by atoms with Gasteiger partial charge in [-0.05, 0) is 42.4 Å². The smallest absolute Gasteiger partial charge is 0.248 e. The third kappa shape index (κ3) is 2.68. The van der Waals surface area contributed by atoms with E-state index in [1.54, 1.807) is 6.92 Å². The molecule has 4 heteroatoms. The topological polar surface area (TPSA) is 12.9 Å². The molecule has 0 aliphatic carbocycles. The summed E-state index contributed by atoms with van der Waals surface area (Å²) in [4.78, 5) is 3.78. The third-order valence-electron chi connectivity index (χ3n) is 3.14. The maximum Gasteiger partial charge on any atom is 0.433 e. The molecule has 0 fully saturated rings. The van der Waals surface area contributed by atoms with Crippen molar-refractivity contribution in [2.45, 2.75) is 59.6 Å². The highest BCUT2D eigenvalue weighted by molar-refractivity contribution is 5.44. The van der Waals surface area contributed by atoms with E-state index in [2.05, 4.69) is 4.98 Å². The molecule has 0 saturated carbocycles. The van der Waals surface area contributed by atoms with Crippen molar-refractivity contribution in [1.82, 2.24) is 4.98 Å². The van der Waals surface area contributed by atoms with Gasteiger partial charge in [0.05, 0.1) is 0 Å². The quantitative estimate of drug-likeness (QED) is 0.731. The molecule has 18 heavy (non-hydrogen) atoms. The van der Waals surface area contributed by atoms with Crippen molar-refractivity contribution in [1.29, 1.82) is 0 Å². The largest absolute Gasteiger partial charge is 0.433 e. The molecule has 0 bridgehead atoms. The average Bonchev–Trinajstić information content (AvgIpc) is 2.17. The molecule has 1 nitrogen and oxygen atoms in total. The number of alkyl halides is 3. The predicted molar refractivity (Wildman–Crippen MR) is 66.9 cm³/mol. The van der Waals surface area contributed by atoms with Gasteiger partial charge in [-0.2, -0.15) is 13.2 Å². The van der Waals surface area contributed by atoms with Crippen LogP contribution in [-0.4, -0.2) is 4.98 Å². The van der Waals surface area contributed by atoms with E-state index in [-0.39, 0.29) is 17.4 Å². The van der Waals surface area contributed by atoms with E-state index >= 15 is 0 Å². The molecule has 0 unspecified atom stereocenters. The van der Waals surface area contributed by atoms with Gasteiger partial charge in [0, 0.05) is 5.69 Å². The van der Waals surface area contributed by atoms with Crippen molar-refractivity contribution in [3.8, 4) is 0 Å². The fourth-order valence-electron chi connectivity index (χ4n) is 2.59. The average molecular weight is 259 g/mol. The Hall–Kier alpha value is -1.06. The summed E-state index contributed by atoms with van der Waals surface area (Å²) < 4.78 is 38.8. The molecular formula is C14H20F3N. The minimum Gasteiger partial charge on any atom is -0.248 e. The molecule has 1 aromatic rings. The Morgan fingerprint density at radius 2 is 1.33 bits per heavy atom. The van der Waals surface area contributed by atoms with Crippen molar-refractivity contribution in [3.05, 3.63) is 28.1 Å². The normalized spacial score (nSPS) is 12.6. The fourth-order valence-corrected chi connectivity index (χ4v) is 2.59. The summed E-state index contributed by atoms with van der Waals surface area (Å²) in [5.74, 6) is 0.237. The summed E-state index contributed by atoms with van der Waals surface area (Å²) in [6.07, 6.45) is -4.38. The molecule has 1 aromatic heterocycles. The minimum atomic E-state index is -4.38. The van der Waals surface area contributed by atoms with E-state index in [9.17, 15) is 13.2 Å². The van der Waals surface area contributed by atoms with E-state index in [1.165, 1.54) is 6.92 Å². The third-order valence-corrected chi connectivity index (χ3v) is 3.14. The number of rotatable bonds is 2. The first kappa shape index (κ1) is 15.0. The standard InChI is InChI=1S/C14H20F3N/c1-7(2)11-9(5)13(14(15,16)17)18-10(6)12(11)8(3)4/h7-8H,1-6H3. The molecule has 0 aliphatic rings. The van der Waals surface area contributed by atoms with Gasteiger partial charge in [0.1, 0.15) is 5.69 Å². The number of hydrogen-bond acceptors (Lipinski definition) is 1. The van der Waals surface area contributed by atoms with Crippen LogP contribution in [0.25, 0.3) is 0 Å². The Labute approximate surface area is 106 Å². The van der Waals surface area contributed by atoms with Gasteiger partial charge in [-0.3, -0.25) is 0 Å². The lowest BCUT2D eigenvalue weighted by atomic mass is 9.86. The molecule has 0 atom stereocenters. The number of pyridine rings is 1. The van der Waals surface area contributed by atoms with Crippen LogP contribution in [-0.2, 0) is 6.18 Å². The molecule has 1 rings (SSSR count). The SMILES string of the molecule is Cc1nc(C(F)(F)F)c(C)c(C(C)C)c1C(C)C. The summed E-state index contributed by atoms with van der Waals surface area (Å²) >= 11 is 0. The monoisotopic (exact) mass is 259 g/mol.